The molecule has 0 radical (unpaired) electrons. The number of hydrogen-bond acceptors (Lipinski definition) is 4. The Balaban J connectivity index is 3.00. The van der Waals surface area contributed by atoms with Crippen LogP contribution in [0.2, 0.25) is 0 Å². The Morgan fingerprint density at radius 3 is 2.05 bits per heavy atom. The Kier molecular flexibility index (Phi) is 4.46. The minimum Gasteiger partial charge on any atom is -0.398 e. The van der Waals surface area contributed by atoms with E-state index in [0.29, 0.717) is 5.69 Å². The fourth-order valence-electron chi connectivity index (χ4n) is 1.53. The summed E-state index contributed by atoms with van der Waals surface area (Å²) in [5.74, 6) is -1.98. The number of rotatable bonds is 5. The Labute approximate surface area is 110 Å². The summed E-state index contributed by atoms with van der Waals surface area (Å²) in [4.78, 5) is 34.9. The Morgan fingerprint density at radius 1 is 1.11 bits per heavy atom. The monoisotopic (exact) mass is 264 g/mol. The predicted molar refractivity (Wildman–Crippen MR) is 69.9 cm³/mol. The molecule has 0 aliphatic heterocycles. The zero-order valence-electron chi connectivity index (χ0n) is 10.6. The van der Waals surface area contributed by atoms with Crippen LogP contribution >= 0.6 is 0 Å². The van der Waals surface area contributed by atoms with Crippen molar-refractivity contribution in [2.75, 3.05) is 18.8 Å². The van der Waals surface area contributed by atoms with Gasteiger partial charge in [0.2, 0.25) is 11.8 Å². The second kappa shape index (κ2) is 5.85. The fourth-order valence-corrected chi connectivity index (χ4v) is 1.53. The van der Waals surface area contributed by atoms with Crippen LogP contribution in [0.5, 0.6) is 0 Å². The van der Waals surface area contributed by atoms with Gasteiger partial charge in [-0.25, -0.2) is 0 Å². The van der Waals surface area contributed by atoms with Gasteiger partial charge in [-0.15, -0.1) is 0 Å². The van der Waals surface area contributed by atoms with Crippen LogP contribution < -0.4 is 17.2 Å². The van der Waals surface area contributed by atoms with Gasteiger partial charge in [0, 0.05) is 11.3 Å². The second-order valence-corrected chi connectivity index (χ2v) is 4.17. The minimum atomic E-state index is -0.727. The minimum absolute atomic E-state index is 0.269. The van der Waals surface area contributed by atoms with Crippen LogP contribution in [0.1, 0.15) is 15.9 Å². The molecule has 0 saturated heterocycles. The lowest BCUT2D eigenvalue weighted by atomic mass is 10.1. The quantitative estimate of drug-likeness (QED) is 0.587. The molecule has 0 aliphatic rings. The molecule has 0 unspecified atom stereocenters. The number of benzene rings is 1. The van der Waals surface area contributed by atoms with Crippen molar-refractivity contribution in [1.82, 2.24) is 4.90 Å². The normalized spacial score (nSPS) is 9.95. The molecular weight excluding hydrogens is 248 g/mol. The number of hydrogen-bond donors (Lipinski definition) is 3. The maximum absolute atomic E-state index is 12.1. The number of amides is 3. The first-order valence-corrected chi connectivity index (χ1v) is 5.53. The van der Waals surface area contributed by atoms with E-state index in [1.807, 2.05) is 0 Å². The first-order valence-electron chi connectivity index (χ1n) is 5.53. The Bertz CT molecular complexity index is 512. The van der Waals surface area contributed by atoms with E-state index in [4.69, 9.17) is 17.2 Å². The first-order chi connectivity index (χ1) is 8.81. The van der Waals surface area contributed by atoms with Gasteiger partial charge < -0.3 is 22.1 Å². The maximum atomic E-state index is 12.1. The van der Waals surface area contributed by atoms with Gasteiger partial charge in [-0.05, 0) is 24.6 Å². The SMILES string of the molecule is Cc1ccc(C(=O)N(CC(N)=O)CC(N)=O)cc1N. The number of anilines is 1. The molecular formula is C12H16N4O3. The number of nitrogen functional groups attached to an aromatic ring is 1. The van der Waals surface area contributed by atoms with Crippen molar-refractivity contribution < 1.29 is 14.4 Å². The molecule has 0 atom stereocenters. The summed E-state index contributed by atoms with van der Waals surface area (Å²) in [5, 5.41) is 0. The molecule has 0 saturated carbocycles. The molecule has 0 heterocycles. The van der Waals surface area contributed by atoms with Crippen LogP contribution in [0, 0.1) is 6.92 Å². The molecule has 102 valence electrons. The molecule has 0 aromatic heterocycles. The summed E-state index contributed by atoms with van der Waals surface area (Å²) in [7, 11) is 0. The Hall–Kier alpha value is -2.57. The maximum Gasteiger partial charge on any atom is 0.254 e. The van der Waals surface area contributed by atoms with Crippen LogP contribution in [0.4, 0.5) is 5.69 Å². The van der Waals surface area contributed by atoms with E-state index in [-0.39, 0.29) is 18.7 Å². The van der Waals surface area contributed by atoms with E-state index in [2.05, 4.69) is 0 Å². The number of primary amides is 2. The van der Waals surface area contributed by atoms with Crippen molar-refractivity contribution in [1.29, 1.82) is 0 Å². The topological polar surface area (TPSA) is 133 Å². The van der Waals surface area contributed by atoms with E-state index < -0.39 is 17.7 Å². The number of carbonyl (C=O) groups is 3. The smallest absolute Gasteiger partial charge is 0.254 e. The Morgan fingerprint density at radius 2 is 1.63 bits per heavy atom. The van der Waals surface area contributed by atoms with Crippen LogP contribution in [0.3, 0.4) is 0 Å². The summed E-state index contributed by atoms with van der Waals surface area (Å²) < 4.78 is 0. The lowest BCUT2D eigenvalue weighted by Gasteiger charge is -2.19. The van der Waals surface area contributed by atoms with E-state index >= 15 is 0 Å². The van der Waals surface area contributed by atoms with Crippen molar-refractivity contribution in [3.05, 3.63) is 29.3 Å². The molecule has 0 bridgehead atoms. The molecule has 1 aromatic rings. The third-order valence-corrected chi connectivity index (χ3v) is 2.51. The third-order valence-electron chi connectivity index (χ3n) is 2.51. The highest BCUT2D eigenvalue weighted by molar-refractivity contribution is 5.99. The van der Waals surface area contributed by atoms with Crippen molar-refractivity contribution >= 4 is 23.4 Å². The molecule has 1 rings (SSSR count). The molecule has 0 aliphatic carbocycles. The van der Waals surface area contributed by atoms with Crippen LogP contribution in [0.15, 0.2) is 18.2 Å². The summed E-state index contributed by atoms with van der Waals surface area (Å²) in [6.07, 6.45) is 0. The first kappa shape index (κ1) is 14.5. The van der Waals surface area contributed by atoms with Crippen molar-refractivity contribution in [2.45, 2.75) is 6.92 Å². The highest BCUT2D eigenvalue weighted by Gasteiger charge is 2.19. The molecule has 6 N–H and O–H groups in total. The molecule has 0 fully saturated rings. The molecule has 7 heteroatoms. The van der Waals surface area contributed by atoms with Gasteiger partial charge in [0.1, 0.15) is 13.1 Å². The molecule has 7 nitrogen and oxygen atoms in total. The summed E-state index contributed by atoms with van der Waals surface area (Å²) in [6.45, 7) is 1.04. The average Bonchev–Trinajstić information content (AvgIpc) is 2.29. The highest BCUT2D eigenvalue weighted by atomic mass is 16.2. The summed E-state index contributed by atoms with van der Waals surface area (Å²) >= 11 is 0. The van der Waals surface area contributed by atoms with Gasteiger partial charge in [-0.3, -0.25) is 14.4 Å². The predicted octanol–water partition coefficient (Wildman–Crippen LogP) is -1.01. The van der Waals surface area contributed by atoms with Gasteiger partial charge >= 0.3 is 0 Å². The second-order valence-electron chi connectivity index (χ2n) is 4.17. The summed E-state index contributed by atoms with van der Waals surface area (Å²) in [6, 6.07) is 4.71. The summed E-state index contributed by atoms with van der Waals surface area (Å²) in [5.41, 5.74) is 17.3. The highest BCUT2D eigenvalue weighted by Crippen LogP contribution is 2.14. The zero-order valence-corrected chi connectivity index (χ0v) is 10.6. The van der Waals surface area contributed by atoms with Crippen LogP contribution in [-0.4, -0.2) is 35.7 Å². The molecule has 19 heavy (non-hydrogen) atoms. The van der Waals surface area contributed by atoms with Gasteiger partial charge in [-0.2, -0.15) is 0 Å². The lowest BCUT2D eigenvalue weighted by Crippen LogP contribution is -2.43. The van der Waals surface area contributed by atoms with E-state index in [0.717, 1.165) is 10.5 Å². The van der Waals surface area contributed by atoms with E-state index in [1.54, 1.807) is 19.1 Å². The fraction of sp³-hybridized carbons (Fsp3) is 0.250. The molecule has 0 spiro atoms. The zero-order chi connectivity index (χ0) is 14.6. The van der Waals surface area contributed by atoms with Gasteiger partial charge in [0.25, 0.3) is 5.91 Å². The van der Waals surface area contributed by atoms with Gasteiger partial charge in [0.05, 0.1) is 0 Å². The molecule has 1 aromatic carbocycles. The standard InChI is InChI=1S/C12H16N4O3/c1-7-2-3-8(4-9(7)13)12(19)16(5-10(14)17)6-11(15)18/h2-4H,5-6,13H2,1H3,(H2,14,17)(H2,15,18). The lowest BCUT2D eigenvalue weighted by molar-refractivity contribution is -0.121. The molecule has 3 amide bonds. The van der Waals surface area contributed by atoms with Crippen molar-refractivity contribution in [2.24, 2.45) is 11.5 Å². The van der Waals surface area contributed by atoms with E-state index in [1.165, 1.54) is 6.07 Å². The number of nitrogens with zero attached hydrogens (tertiary/aromatic N) is 1. The number of carbonyl (C=O) groups excluding carboxylic acids is 3. The van der Waals surface area contributed by atoms with Crippen LogP contribution in [0.25, 0.3) is 0 Å². The van der Waals surface area contributed by atoms with Crippen molar-refractivity contribution in [3.63, 3.8) is 0 Å². The van der Waals surface area contributed by atoms with Crippen LogP contribution in [-0.2, 0) is 9.59 Å². The number of nitrogens with two attached hydrogens (primary N) is 3. The average molecular weight is 264 g/mol. The van der Waals surface area contributed by atoms with Crippen molar-refractivity contribution in [3.8, 4) is 0 Å². The third kappa shape index (κ3) is 3.98. The largest absolute Gasteiger partial charge is 0.398 e. The van der Waals surface area contributed by atoms with E-state index in [9.17, 15) is 14.4 Å². The van der Waals surface area contributed by atoms with Gasteiger partial charge in [-0.1, -0.05) is 6.07 Å². The van der Waals surface area contributed by atoms with Gasteiger partial charge in [0.15, 0.2) is 0 Å². The number of aryl methyl sites for hydroxylation is 1.